The molecule has 1 fully saturated rings. The van der Waals surface area contributed by atoms with Gasteiger partial charge < -0.3 is 0 Å². The van der Waals surface area contributed by atoms with Crippen molar-refractivity contribution in [3.63, 3.8) is 0 Å². The Morgan fingerprint density at radius 3 is 2.14 bits per heavy atom. The Bertz CT molecular complexity index is 786. The van der Waals surface area contributed by atoms with E-state index in [0.717, 1.165) is 0 Å². The number of hydrogen-bond donors (Lipinski definition) is 0. The number of Topliss-reactive ketones (excluding diaryl/α,β-unsaturated/α-hetero) is 1. The lowest BCUT2D eigenvalue weighted by Gasteiger charge is -2.00. The summed E-state index contributed by atoms with van der Waals surface area (Å²) in [6.45, 7) is 0. The van der Waals surface area contributed by atoms with Gasteiger partial charge in [0.25, 0.3) is 0 Å². The molecule has 0 N–H and O–H groups in total. The molecule has 3 rings (SSSR count). The largest absolute Gasteiger partial charge is 0.294 e. The number of nitrogens with zero attached hydrogens (tertiary/aromatic N) is 2. The Labute approximate surface area is 127 Å². The molecule has 2 aromatic carbocycles. The molecule has 1 saturated carbocycles. The second-order valence-corrected chi connectivity index (χ2v) is 5.33. The first kappa shape index (κ1) is 14.0. The quantitative estimate of drug-likeness (QED) is 0.813. The fourth-order valence-electron chi connectivity index (χ4n) is 2.96. The molecule has 0 spiro atoms. The van der Waals surface area contributed by atoms with Crippen molar-refractivity contribution >= 4 is 5.78 Å². The highest BCUT2D eigenvalue weighted by Crippen LogP contribution is 2.65. The highest BCUT2D eigenvalue weighted by atomic mass is 19.1. The predicted molar refractivity (Wildman–Crippen MR) is 77.1 cm³/mol. The number of rotatable bonds is 3. The topological polar surface area (TPSA) is 64.7 Å². The van der Waals surface area contributed by atoms with Crippen LogP contribution < -0.4 is 0 Å². The molecule has 22 heavy (non-hydrogen) atoms. The number of ketones is 1. The Morgan fingerprint density at radius 2 is 1.59 bits per heavy atom. The maximum atomic E-state index is 13.1. The van der Waals surface area contributed by atoms with Crippen LogP contribution in [0.25, 0.3) is 0 Å². The van der Waals surface area contributed by atoms with Gasteiger partial charge in [-0.25, -0.2) is 4.39 Å². The molecule has 106 valence electrons. The molecule has 2 atom stereocenters. The summed E-state index contributed by atoms with van der Waals surface area (Å²) < 4.78 is 13.1. The summed E-state index contributed by atoms with van der Waals surface area (Å²) in [7, 11) is 0. The molecule has 3 nitrogen and oxygen atoms in total. The van der Waals surface area contributed by atoms with Crippen molar-refractivity contribution in [2.45, 2.75) is 5.92 Å². The van der Waals surface area contributed by atoms with Crippen LogP contribution in [0.4, 0.5) is 4.39 Å². The third-order valence-corrected chi connectivity index (χ3v) is 4.15. The van der Waals surface area contributed by atoms with Gasteiger partial charge in [0.05, 0.1) is 18.1 Å². The van der Waals surface area contributed by atoms with Gasteiger partial charge in [-0.2, -0.15) is 10.5 Å². The third kappa shape index (κ3) is 1.98. The van der Waals surface area contributed by atoms with Crippen LogP contribution in [0.2, 0.25) is 0 Å². The molecule has 1 aliphatic carbocycles. The SMILES string of the molecule is N#CC1(C#N)[C@H](C(=O)c2ccccc2)[C@@H]1c1ccc(F)cc1. The standard InChI is InChI=1S/C18H11FN2O/c19-14-8-6-12(7-9-14)15-16(18(15,10-20)11-21)17(22)13-4-2-1-3-5-13/h1-9,15-16H/t15-,16-/m0/s1. The van der Waals surface area contributed by atoms with E-state index >= 15 is 0 Å². The average molecular weight is 290 g/mol. The zero-order valence-corrected chi connectivity index (χ0v) is 11.5. The molecule has 0 aliphatic heterocycles. The minimum atomic E-state index is -1.37. The molecular formula is C18H11FN2O. The summed E-state index contributed by atoms with van der Waals surface area (Å²) in [4.78, 5) is 12.6. The summed E-state index contributed by atoms with van der Waals surface area (Å²) in [5.41, 5.74) is -0.254. The third-order valence-electron chi connectivity index (χ3n) is 4.15. The van der Waals surface area contributed by atoms with E-state index in [1.165, 1.54) is 24.3 Å². The summed E-state index contributed by atoms with van der Waals surface area (Å²) in [5, 5.41) is 18.8. The van der Waals surface area contributed by atoms with Gasteiger partial charge in [0.1, 0.15) is 5.82 Å². The molecule has 0 saturated heterocycles. The lowest BCUT2D eigenvalue weighted by Crippen LogP contribution is -2.08. The number of hydrogen-bond acceptors (Lipinski definition) is 3. The van der Waals surface area contributed by atoms with Crippen molar-refractivity contribution in [1.29, 1.82) is 10.5 Å². The van der Waals surface area contributed by atoms with E-state index in [0.29, 0.717) is 11.1 Å². The van der Waals surface area contributed by atoms with Gasteiger partial charge in [-0.1, -0.05) is 42.5 Å². The number of nitriles is 2. The Balaban J connectivity index is 2.00. The first-order valence-corrected chi connectivity index (χ1v) is 6.81. The summed E-state index contributed by atoms with van der Waals surface area (Å²) in [6, 6.07) is 18.2. The molecule has 2 aromatic rings. The second kappa shape index (κ2) is 5.09. The summed E-state index contributed by atoms with van der Waals surface area (Å²) in [5.74, 6) is -1.85. The predicted octanol–water partition coefficient (Wildman–Crippen LogP) is 3.46. The van der Waals surface area contributed by atoms with Gasteiger partial charge in [0.2, 0.25) is 0 Å². The number of carbonyl (C=O) groups excluding carboxylic acids is 1. The van der Waals surface area contributed by atoms with Gasteiger partial charge in [-0.15, -0.1) is 0 Å². The van der Waals surface area contributed by atoms with Crippen LogP contribution in [0.3, 0.4) is 0 Å². The Morgan fingerprint density at radius 1 is 1.00 bits per heavy atom. The van der Waals surface area contributed by atoms with Crippen LogP contribution in [0.15, 0.2) is 54.6 Å². The van der Waals surface area contributed by atoms with Gasteiger partial charge in [0.15, 0.2) is 11.2 Å². The zero-order valence-electron chi connectivity index (χ0n) is 11.5. The lowest BCUT2D eigenvalue weighted by atomic mass is 10.0. The molecule has 0 amide bonds. The summed E-state index contributed by atoms with van der Waals surface area (Å²) >= 11 is 0. The lowest BCUT2D eigenvalue weighted by molar-refractivity contribution is 0.0958. The zero-order chi connectivity index (χ0) is 15.7. The van der Waals surface area contributed by atoms with Crippen molar-refractivity contribution in [2.75, 3.05) is 0 Å². The summed E-state index contributed by atoms with van der Waals surface area (Å²) in [6.07, 6.45) is 0. The molecule has 0 radical (unpaired) electrons. The molecule has 0 bridgehead atoms. The van der Waals surface area contributed by atoms with Crippen LogP contribution in [0.1, 0.15) is 21.8 Å². The second-order valence-electron chi connectivity index (χ2n) is 5.33. The van der Waals surface area contributed by atoms with Crippen molar-refractivity contribution in [3.8, 4) is 12.1 Å². The first-order valence-electron chi connectivity index (χ1n) is 6.81. The first-order chi connectivity index (χ1) is 10.6. The van der Waals surface area contributed by atoms with Crippen molar-refractivity contribution < 1.29 is 9.18 Å². The highest BCUT2D eigenvalue weighted by molar-refractivity contribution is 6.02. The smallest absolute Gasteiger partial charge is 0.169 e. The van der Waals surface area contributed by atoms with Gasteiger partial charge in [-0.3, -0.25) is 4.79 Å². The van der Waals surface area contributed by atoms with E-state index in [1.807, 2.05) is 12.1 Å². The van der Waals surface area contributed by atoms with Gasteiger partial charge in [0, 0.05) is 11.5 Å². The monoisotopic (exact) mass is 290 g/mol. The highest BCUT2D eigenvalue weighted by Gasteiger charge is 2.70. The van der Waals surface area contributed by atoms with E-state index in [9.17, 15) is 19.7 Å². The van der Waals surface area contributed by atoms with Crippen LogP contribution >= 0.6 is 0 Å². The average Bonchev–Trinajstić information content (AvgIpc) is 3.25. The van der Waals surface area contributed by atoms with E-state index in [-0.39, 0.29) is 5.78 Å². The number of carbonyl (C=O) groups is 1. The van der Waals surface area contributed by atoms with Gasteiger partial charge >= 0.3 is 0 Å². The molecule has 1 aliphatic rings. The van der Waals surface area contributed by atoms with E-state index < -0.39 is 23.1 Å². The maximum absolute atomic E-state index is 13.1. The molecule has 0 unspecified atom stereocenters. The van der Waals surface area contributed by atoms with Crippen LogP contribution in [-0.4, -0.2) is 5.78 Å². The normalized spacial score (nSPS) is 21.4. The molecule has 0 heterocycles. The van der Waals surface area contributed by atoms with E-state index in [4.69, 9.17) is 0 Å². The van der Waals surface area contributed by atoms with Crippen LogP contribution in [0.5, 0.6) is 0 Å². The number of halogens is 1. The Hall–Kier alpha value is -2.98. The number of benzene rings is 2. The van der Waals surface area contributed by atoms with Gasteiger partial charge in [-0.05, 0) is 17.7 Å². The minimum absolute atomic E-state index is 0.224. The van der Waals surface area contributed by atoms with Crippen molar-refractivity contribution in [3.05, 3.63) is 71.5 Å². The molecule has 4 heteroatoms. The maximum Gasteiger partial charge on any atom is 0.169 e. The van der Waals surface area contributed by atoms with Crippen molar-refractivity contribution in [2.24, 2.45) is 11.3 Å². The van der Waals surface area contributed by atoms with Crippen molar-refractivity contribution in [1.82, 2.24) is 0 Å². The minimum Gasteiger partial charge on any atom is -0.294 e. The molecule has 0 aromatic heterocycles. The van der Waals surface area contributed by atoms with E-state index in [2.05, 4.69) is 0 Å². The fraction of sp³-hybridized carbons (Fsp3) is 0.167. The fourth-order valence-corrected chi connectivity index (χ4v) is 2.96. The van der Waals surface area contributed by atoms with Crippen LogP contribution in [-0.2, 0) is 0 Å². The Kier molecular flexibility index (Phi) is 3.23. The van der Waals surface area contributed by atoms with E-state index in [1.54, 1.807) is 30.3 Å². The molecular weight excluding hydrogens is 279 g/mol. The van der Waals surface area contributed by atoms with Crippen LogP contribution in [0, 0.1) is 39.8 Å².